The van der Waals surface area contributed by atoms with Gasteiger partial charge in [-0.05, 0) is 16.9 Å². The van der Waals surface area contributed by atoms with Crippen LogP contribution in [0.15, 0.2) is 30.7 Å². The maximum Gasteiger partial charge on any atom is 0.272 e. The van der Waals surface area contributed by atoms with Gasteiger partial charge in [0, 0.05) is 24.8 Å². The minimum atomic E-state index is -0.287. The van der Waals surface area contributed by atoms with Crippen LogP contribution in [0.2, 0.25) is 5.02 Å². The normalized spacial score (nSPS) is 10.9. The topological polar surface area (TPSA) is 85.8 Å². The molecule has 1 unspecified atom stereocenters. The average molecular weight is 348 g/mol. The smallest absolute Gasteiger partial charge is 0.272 e. The van der Waals surface area contributed by atoms with Gasteiger partial charge >= 0.3 is 0 Å². The number of halogens is 1. The molecule has 0 spiro atoms. The number of nitrogens with one attached hydrogen (secondary N) is 1. The minimum absolute atomic E-state index is 0.287. The fourth-order valence-electron chi connectivity index (χ4n) is 2.37. The van der Waals surface area contributed by atoms with Gasteiger partial charge in [0.15, 0.2) is 5.69 Å². The van der Waals surface area contributed by atoms with Gasteiger partial charge in [-0.1, -0.05) is 23.7 Å². The molecule has 8 heteroatoms. The third kappa shape index (κ3) is 3.00. The predicted molar refractivity (Wildman–Crippen MR) is 94.9 cm³/mol. The monoisotopic (exact) mass is 347 g/mol. The molecule has 0 aliphatic heterocycles. The molecule has 2 heterocycles. The number of fused-ring (bicyclic) bond motifs is 1. The van der Waals surface area contributed by atoms with Crippen LogP contribution >= 0.6 is 20.8 Å². The van der Waals surface area contributed by atoms with Gasteiger partial charge in [0.25, 0.3) is 5.91 Å². The van der Waals surface area contributed by atoms with E-state index in [1.807, 2.05) is 18.2 Å². The summed E-state index contributed by atoms with van der Waals surface area (Å²) in [6, 6.07) is 5.61. The summed E-state index contributed by atoms with van der Waals surface area (Å²) in [4.78, 5) is 20.7. The van der Waals surface area contributed by atoms with Crippen LogP contribution in [0.25, 0.3) is 11.0 Å². The van der Waals surface area contributed by atoms with Crippen molar-refractivity contribution in [2.45, 2.75) is 6.54 Å². The standard InChI is InChI=1S/C15H15ClN5OP/c1-21-6-10(17)12-14(21)13(20-7-19-12)15(22)18-5-8-2-3-11(23)9(16)4-8/h2-4,6-7H,5,17,23H2,1H3,(H,18,22). The Hall–Kier alpha value is -2.17. The number of benzene rings is 1. The van der Waals surface area contributed by atoms with Gasteiger partial charge in [-0.15, -0.1) is 9.24 Å². The number of hydrogen-bond acceptors (Lipinski definition) is 4. The lowest BCUT2D eigenvalue weighted by Crippen LogP contribution is -2.24. The molecule has 0 aliphatic carbocycles. The first-order valence-corrected chi connectivity index (χ1v) is 7.80. The fraction of sp³-hybridized carbons (Fsp3) is 0.133. The molecule has 0 fully saturated rings. The van der Waals surface area contributed by atoms with E-state index in [1.54, 1.807) is 17.8 Å². The summed E-state index contributed by atoms with van der Waals surface area (Å²) in [5.41, 5.74) is 8.79. The van der Waals surface area contributed by atoms with E-state index in [0.717, 1.165) is 10.9 Å². The highest BCUT2D eigenvalue weighted by Gasteiger charge is 2.17. The van der Waals surface area contributed by atoms with Crippen LogP contribution in [-0.4, -0.2) is 20.4 Å². The zero-order valence-corrected chi connectivity index (χ0v) is 14.3. The SMILES string of the molecule is Cn1cc(N)c2ncnc(C(=O)NCc3ccc(P)c(Cl)c3)c21. The van der Waals surface area contributed by atoms with E-state index in [4.69, 9.17) is 17.3 Å². The molecule has 1 aromatic carbocycles. The number of aryl methyl sites for hydroxylation is 1. The molecule has 0 saturated carbocycles. The second-order valence-corrected chi connectivity index (χ2v) is 6.18. The first-order valence-electron chi connectivity index (χ1n) is 6.85. The minimum Gasteiger partial charge on any atom is -0.396 e. The quantitative estimate of drug-likeness (QED) is 0.705. The summed E-state index contributed by atoms with van der Waals surface area (Å²) in [5, 5.41) is 4.40. The Morgan fingerprint density at radius 2 is 2.22 bits per heavy atom. The Bertz CT molecular complexity index is 908. The first-order chi connectivity index (χ1) is 11.0. The zero-order valence-electron chi connectivity index (χ0n) is 12.4. The van der Waals surface area contributed by atoms with E-state index < -0.39 is 0 Å². The number of carbonyl (C=O) groups is 1. The summed E-state index contributed by atoms with van der Waals surface area (Å²) >= 11 is 6.08. The molecule has 1 atom stereocenters. The van der Waals surface area contributed by atoms with Crippen LogP contribution in [0.3, 0.4) is 0 Å². The number of hydrogen-bond donors (Lipinski definition) is 2. The molecule has 23 heavy (non-hydrogen) atoms. The van der Waals surface area contributed by atoms with E-state index in [-0.39, 0.29) is 5.91 Å². The Morgan fingerprint density at radius 3 is 2.96 bits per heavy atom. The van der Waals surface area contributed by atoms with Crippen molar-refractivity contribution in [3.8, 4) is 0 Å². The van der Waals surface area contributed by atoms with Crippen molar-refractivity contribution in [2.24, 2.45) is 7.05 Å². The second-order valence-electron chi connectivity index (χ2n) is 5.15. The molecular formula is C15H15ClN5OP. The summed E-state index contributed by atoms with van der Waals surface area (Å²) in [7, 11) is 4.36. The third-order valence-electron chi connectivity index (χ3n) is 3.51. The van der Waals surface area contributed by atoms with Crippen molar-refractivity contribution < 1.29 is 4.79 Å². The van der Waals surface area contributed by atoms with Crippen LogP contribution in [0, 0.1) is 0 Å². The number of amides is 1. The number of rotatable bonds is 3. The highest BCUT2D eigenvalue weighted by Crippen LogP contribution is 2.22. The number of nitrogen functional groups attached to an aromatic ring is 1. The maximum absolute atomic E-state index is 12.5. The van der Waals surface area contributed by atoms with E-state index in [0.29, 0.717) is 34.0 Å². The van der Waals surface area contributed by atoms with Crippen LogP contribution in [0.4, 0.5) is 5.69 Å². The number of nitrogens with zero attached hydrogens (tertiary/aromatic N) is 3. The van der Waals surface area contributed by atoms with Crippen LogP contribution in [-0.2, 0) is 13.6 Å². The maximum atomic E-state index is 12.5. The molecule has 0 radical (unpaired) electrons. The van der Waals surface area contributed by atoms with E-state index in [9.17, 15) is 4.79 Å². The zero-order chi connectivity index (χ0) is 16.6. The molecule has 3 rings (SSSR count). The van der Waals surface area contributed by atoms with Crippen molar-refractivity contribution >= 4 is 48.8 Å². The van der Waals surface area contributed by atoms with Gasteiger partial charge in [-0.3, -0.25) is 4.79 Å². The molecule has 3 aromatic rings. The predicted octanol–water partition coefficient (Wildman–Crippen LogP) is 1.63. The van der Waals surface area contributed by atoms with Gasteiger partial charge < -0.3 is 15.6 Å². The molecule has 118 valence electrons. The molecule has 1 amide bonds. The van der Waals surface area contributed by atoms with Crippen molar-refractivity contribution in [1.82, 2.24) is 19.9 Å². The largest absolute Gasteiger partial charge is 0.396 e. The van der Waals surface area contributed by atoms with Crippen LogP contribution in [0.5, 0.6) is 0 Å². The van der Waals surface area contributed by atoms with Crippen molar-refractivity contribution in [2.75, 3.05) is 5.73 Å². The number of carbonyl (C=O) groups excluding carboxylic acids is 1. The lowest BCUT2D eigenvalue weighted by molar-refractivity contribution is 0.0947. The van der Waals surface area contributed by atoms with Gasteiger partial charge in [-0.25, -0.2) is 9.97 Å². The Morgan fingerprint density at radius 1 is 1.43 bits per heavy atom. The van der Waals surface area contributed by atoms with Crippen molar-refractivity contribution in [1.29, 1.82) is 0 Å². The van der Waals surface area contributed by atoms with Gasteiger partial charge in [0.2, 0.25) is 0 Å². The van der Waals surface area contributed by atoms with Crippen molar-refractivity contribution in [3.63, 3.8) is 0 Å². The van der Waals surface area contributed by atoms with Gasteiger partial charge in [0.1, 0.15) is 17.4 Å². The lowest BCUT2D eigenvalue weighted by Gasteiger charge is -2.08. The fourth-order valence-corrected chi connectivity index (χ4v) is 2.75. The van der Waals surface area contributed by atoms with Gasteiger partial charge in [-0.2, -0.15) is 0 Å². The van der Waals surface area contributed by atoms with Crippen LogP contribution in [0.1, 0.15) is 16.1 Å². The summed E-state index contributed by atoms with van der Waals surface area (Å²) in [5.74, 6) is -0.287. The van der Waals surface area contributed by atoms with E-state index in [2.05, 4.69) is 24.5 Å². The third-order valence-corrected chi connectivity index (χ3v) is 4.53. The number of nitrogens with two attached hydrogens (primary N) is 1. The second kappa shape index (κ2) is 6.14. The highest BCUT2D eigenvalue weighted by atomic mass is 35.5. The highest BCUT2D eigenvalue weighted by molar-refractivity contribution is 7.28. The Kier molecular flexibility index (Phi) is 4.20. The summed E-state index contributed by atoms with van der Waals surface area (Å²) < 4.78 is 1.75. The Labute approximate surface area is 140 Å². The van der Waals surface area contributed by atoms with E-state index >= 15 is 0 Å². The molecule has 2 aromatic heterocycles. The molecule has 3 N–H and O–H groups in total. The van der Waals surface area contributed by atoms with Gasteiger partial charge in [0.05, 0.1) is 5.69 Å². The van der Waals surface area contributed by atoms with Crippen LogP contribution < -0.4 is 16.4 Å². The number of aromatic nitrogens is 3. The van der Waals surface area contributed by atoms with E-state index in [1.165, 1.54) is 6.33 Å². The average Bonchev–Trinajstić information content (AvgIpc) is 2.83. The molecular weight excluding hydrogens is 333 g/mol. The molecule has 0 aliphatic rings. The summed E-state index contributed by atoms with van der Waals surface area (Å²) in [6.45, 7) is 0.356. The van der Waals surface area contributed by atoms with Crippen molar-refractivity contribution in [3.05, 3.63) is 47.0 Å². The molecule has 0 bridgehead atoms. The summed E-state index contributed by atoms with van der Waals surface area (Å²) in [6.07, 6.45) is 3.06. The Balaban J connectivity index is 1.85. The number of anilines is 1. The lowest BCUT2D eigenvalue weighted by atomic mass is 10.2. The molecule has 0 saturated heterocycles. The molecule has 6 nitrogen and oxygen atoms in total. The first kappa shape index (κ1) is 15.7.